The lowest BCUT2D eigenvalue weighted by molar-refractivity contribution is -0.139. The fraction of sp³-hybridized carbons (Fsp3) is 0.421. The van der Waals surface area contributed by atoms with Gasteiger partial charge in [0.05, 0.1) is 19.3 Å². The molecule has 1 aromatic rings. The molecule has 0 aromatic heterocycles. The number of benzene rings is 1. The number of fused-ring (bicyclic) bond motifs is 1. The van der Waals surface area contributed by atoms with Crippen molar-refractivity contribution >= 4 is 23.9 Å². The molecule has 0 fully saturated rings. The second kappa shape index (κ2) is 8.41. The minimum absolute atomic E-state index is 0. The van der Waals surface area contributed by atoms with E-state index < -0.39 is 5.97 Å². The number of carbonyl (C=O) groups is 1. The SMILES string of the molecule is CCOC(=O)C1=C(O)CCN(C/C=C2/Cc3ccc(OC)cc32)C1.Cl. The molecule has 0 atom stereocenters. The van der Waals surface area contributed by atoms with Gasteiger partial charge in [0.2, 0.25) is 0 Å². The topological polar surface area (TPSA) is 59.0 Å². The van der Waals surface area contributed by atoms with Gasteiger partial charge in [-0.3, -0.25) is 4.90 Å². The molecule has 136 valence electrons. The van der Waals surface area contributed by atoms with Crippen LogP contribution in [0.2, 0.25) is 0 Å². The van der Waals surface area contributed by atoms with E-state index in [9.17, 15) is 9.90 Å². The number of aliphatic hydroxyl groups is 1. The van der Waals surface area contributed by atoms with Crippen LogP contribution in [-0.4, -0.2) is 49.3 Å². The first-order valence-electron chi connectivity index (χ1n) is 8.29. The first kappa shape index (κ1) is 19.3. The maximum atomic E-state index is 11.9. The maximum absolute atomic E-state index is 11.9. The average molecular weight is 366 g/mol. The minimum atomic E-state index is -0.411. The van der Waals surface area contributed by atoms with E-state index in [1.165, 1.54) is 16.7 Å². The van der Waals surface area contributed by atoms with E-state index in [0.717, 1.165) is 25.3 Å². The predicted octanol–water partition coefficient (Wildman–Crippen LogP) is 3.14. The van der Waals surface area contributed by atoms with Crippen LogP contribution in [-0.2, 0) is 16.0 Å². The molecule has 3 rings (SSSR count). The molecule has 5 nitrogen and oxygen atoms in total. The van der Waals surface area contributed by atoms with Gasteiger partial charge in [-0.2, -0.15) is 0 Å². The molecule has 0 spiro atoms. The van der Waals surface area contributed by atoms with Crippen molar-refractivity contribution in [2.45, 2.75) is 19.8 Å². The molecule has 0 saturated heterocycles. The third-order valence-electron chi connectivity index (χ3n) is 4.56. The monoisotopic (exact) mass is 365 g/mol. The number of aliphatic hydroxyl groups excluding tert-OH is 1. The Morgan fingerprint density at radius 2 is 2.20 bits per heavy atom. The summed E-state index contributed by atoms with van der Waals surface area (Å²) in [6.45, 7) is 4.01. The Balaban J connectivity index is 0.00000225. The van der Waals surface area contributed by atoms with Gasteiger partial charge >= 0.3 is 5.97 Å². The second-order valence-electron chi connectivity index (χ2n) is 6.06. The summed E-state index contributed by atoms with van der Waals surface area (Å²) in [6.07, 6.45) is 3.66. The summed E-state index contributed by atoms with van der Waals surface area (Å²) in [6, 6.07) is 6.15. The normalized spacial score (nSPS) is 18.2. The Morgan fingerprint density at radius 1 is 1.40 bits per heavy atom. The molecule has 25 heavy (non-hydrogen) atoms. The lowest BCUT2D eigenvalue weighted by Gasteiger charge is -2.29. The molecule has 0 bridgehead atoms. The van der Waals surface area contributed by atoms with Crippen molar-refractivity contribution in [3.05, 3.63) is 46.7 Å². The van der Waals surface area contributed by atoms with Gasteiger partial charge in [-0.25, -0.2) is 4.79 Å². The van der Waals surface area contributed by atoms with Gasteiger partial charge in [-0.1, -0.05) is 12.1 Å². The number of hydrogen-bond donors (Lipinski definition) is 1. The molecular formula is C19H24ClNO4. The summed E-state index contributed by atoms with van der Waals surface area (Å²) in [5, 5.41) is 9.93. The van der Waals surface area contributed by atoms with Crippen LogP contribution in [0.25, 0.3) is 5.57 Å². The molecule has 1 heterocycles. The van der Waals surface area contributed by atoms with Crippen LogP contribution in [0.4, 0.5) is 0 Å². The minimum Gasteiger partial charge on any atom is -0.512 e. The van der Waals surface area contributed by atoms with Gasteiger partial charge in [-0.15, -0.1) is 12.4 Å². The largest absolute Gasteiger partial charge is 0.512 e. The number of methoxy groups -OCH3 is 1. The van der Waals surface area contributed by atoms with Crippen molar-refractivity contribution in [3.8, 4) is 5.75 Å². The smallest absolute Gasteiger partial charge is 0.338 e. The summed E-state index contributed by atoms with van der Waals surface area (Å²) in [7, 11) is 1.67. The number of hydrogen-bond acceptors (Lipinski definition) is 5. The molecule has 6 heteroatoms. The third kappa shape index (κ3) is 4.17. The van der Waals surface area contributed by atoms with Crippen molar-refractivity contribution in [1.29, 1.82) is 0 Å². The lowest BCUT2D eigenvalue weighted by Crippen LogP contribution is -2.35. The van der Waals surface area contributed by atoms with Crippen molar-refractivity contribution in [1.82, 2.24) is 4.90 Å². The van der Waals surface area contributed by atoms with Gasteiger partial charge in [0, 0.05) is 26.1 Å². The number of esters is 1. The lowest BCUT2D eigenvalue weighted by atomic mass is 9.82. The number of halogens is 1. The summed E-state index contributed by atoms with van der Waals surface area (Å²) in [4.78, 5) is 14.0. The van der Waals surface area contributed by atoms with Crippen LogP contribution in [0.15, 0.2) is 35.6 Å². The zero-order valence-corrected chi connectivity index (χ0v) is 15.4. The molecule has 0 saturated carbocycles. The number of allylic oxidation sites excluding steroid dienone is 1. The molecule has 1 N–H and O–H groups in total. The summed E-state index contributed by atoms with van der Waals surface area (Å²) < 4.78 is 10.3. The summed E-state index contributed by atoms with van der Waals surface area (Å²) in [5.74, 6) is 0.622. The highest BCUT2D eigenvalue weighted by Gasteiger charge is 2.25. The molecule has 0 unspecified atom stereocenters. The van der Waals surface area contributed by atoms with Crippen LogP contribution >= 0.6 is 12.4 Å². The van der Waals surface area contributed by atoms with Crippen LogP contribution in [0, 0.1) is 0 Å². The van der Waals surface area contributed by atoms with Gasteiger partial charge in [0.1, 0.15) is 11.5 Å². The van der Waals surface area contributed by atoms with E-state index in [4.69, 9.17) is 9.47 Å². The zero-order valence-electron chi connectivity index (χ0n) is 14.6. The number of carbonyl (C=O) groups excluding carboxylic acids is 1. The quantitative estimate of drug-likeness (QED) is 0.812. The molecule has 0 radical (unpaired) electrons. The Morgan fingerprint density at radius 3 is 2.92 bits per heavy atom. The standard InChI is InChI=1S/C19H23NO4.ClH/c1-3-24-19(22)17-12-20(9-7-18(17)21)8-6-14-10-13-4-5-15(23-2)11-16(13)14;/h4-6,11,21H,3,7-10,12H2,1-2H3;1H/b14-6-;. The average Bonchev–Trinajstić information content (AvgIpc) is 2.57. The highest BCUT2D eigenvalue weighted by atomic mass is 35.5. The van der Waals surface area contributed by atoms with Gasteiger partial charge in [-0.05, 0) is 42.2 Å². The molecule has 1 aliphatic heterocycles. The number of nitrogens with zero attached hydrogens (tertiary/aromatic N) is 1. The first-order chi connectivity index (χ1) is 11.6. The summed E-state index contributed by atoms with van der Waals surface area (Å²) >= 11 is 0. The predicted molar refractivity (Wildman–Crippen MR) is 99.3 cm³/mol. The van der Waals surface area contributed by atoms with Gasteiger partial charge in [0.25, 0.3) is 0 Å². The van der Waals surface area contributed by atoms with Crippen molar-refractivity contribution < 1.29 is 19.4 Å². The highest BCUT2D eigenvalue weighted by Crippen LogP contribution is 2.36. The molecule has 2 aliphatic rings. The molecular weight excluding hydrogens is 342 g/mol. The Labute approximate surface area is 154 Å². The van der Waals surface area contributed by atoms with E-state index in [1.807, 2.05) is 6.07 Å². The molecule has 1 aliphatic carbocycles. The number of ether oxygens (including phenoxy) is 2. The van der Waals surface area contributed by atoms with Crippen LogP contribution in [0.3, 0.4) is 0 Å². The zero-order chi connectivity index (χ0) is 17.1. The fourth-order valence-electron chi connectivity index (χ4n) is 3.12. The molecule has 1 aromatic carbocycles. The van der Waals surface area contributed by atoms with Crippen molar-refractivity contribution in [3.63, 3.8) is 0 Å². The van der Waals surface area contributed by atoms with Crippen LogP contribution in [0.5, 0.6) is 5.75 Å². The van der Waals surface area contributed by atoms with E-state index >= 15 is 0 Å². The first-order valence-corrected chi connectivity index (χ1v) is 8.29. The van der Waals surface area contributed by atoms with E-state index in [2.05, 4.69) is 23.1 Å². The second-order valence-corrected chi connectivity index (χ2v) is 6.06. The fourth-order valence-corrected chi connectivity index (χ4v) is 3.12. The Bertz CT molecular complexity index is 711. The summed E-state index contributed by atoms with van der Waals surface area (Å²) in [5.41, 5.74) is 4.28. The Kier molecular flexibility index (Phi) is 6.51. The third-order valence-corrected chi connectivity index (χ3v) is 4.56. The Hall–Kier alpha value is -1.98. The maximum Gasteiger partial charge on any atom is 0.338 e. The van der Waals surface area contributed by atoms with Gasteiger partial charge < -0.3 is 14.6 Å². The number of rotatable bonds is 5. The highest BCUT2D eigenvalue weighted by molar-refractivity contribution is 5.89. The van der Waals surface area contributed by atoms with E-state index in [0.29, 0.717) is 25.1 Å². The van der Waals surface area contributed by atoms with E-state index in [1.54, 1.807) is 14.0 Å². The van der Waals surface area contributed by atoms with Crippen molar-refractivity contribution in [2.24, 2.45) is 0 Å². The van der Waals surface area contributed by atoms with Crippen LogP contribution < -0.4 is 4.74 Å². The van der Waals surface area contributed by atoms with Gasteiger partial charge in [0.15, 0.2) is 0 Å². The van der Waals surface area contributed by atoms with E-state index in [-0.39, 0.29) is 18.2 Å². The van der Waals surface area contributed by atoms with Crippen LogP contribution in [0.1, 0.15) is 24.5 Å². The molecule has 0 amide bonds. The van der Waals surface area contributed by atoms with Crippen molar-refractivity contribution in [2.75, 3.05) is 33.4 Å².